The van der Waals surface area contributed by atoms with Crippen LogP contribution in [0.25, 0.3) is 10.8 Å². The van der Waals surface area contributed by atoms with Gasteiger partial charge in [-0.25, -0.2) is 4.79 Å². The number of anilines is 2. The van der Waals surface area contributed by atoms with Gasteiger partial charge in [-0.3, -0.25) is 0 Å². The number of benzene rings is 3. The van der Waals surface area contributed by atoms with E-state index in [-0.39, 0.29) is 6.03 Å². The summed E-state index contributed by atoms with van der Waals surface area (Å²) < 4.78 is 10.8. The molecule has 0 saturated heterocycles. The summed E-state index contributed by atoms with van der Waals surface area (Å²) in [5, 5.41) is 7.57. The van der Waals surface area contributed by atoms with Gasteiger partial charge in [0, 0.05) is 22.5 Å². The van der Waals surface area contributed by atoms with E-state index in [0.717, 1.165) is 28.0 Å². The predicted octanol–water partition coefficient (Wildman–Crippen LogP) is 4.89. The van der Waals surface area contributed by atoms with Crippen LogP contribution in [-0.2, 0) is 0 Å². The summed E-state index contributed by atoms with van der Waals surface area (Å²) in [5.41, 5.74) is 1.39. The lowest BCUT2D eigenvalue weighted by Gasteiger charge is -2.13. The molecule has 0 fully saturated rings. The van der Waals surface area contributed by atoms with Crippen molar-refractivity contribution in [2.45, 2.75) is 6.92 Å². The summed E-state index contributed by atoms with van der Waals surface area (Å²) in [6.45, 7) is 2.50. The maximum Gasteiger partial charge on any atom is 0.323 e. The van der Waals surface area contributed by atoms with Crippen LogP contribution < -0.4 is 20.1 Å². The van der Waals surface area contributed by atoms with Gasteiger partial charge >= 0.3 is 6.03 Å². The summed E-state index contributed by atoms with van der Waals surface area (Å²) in [7, 11) is 1.63. The minimum absolute atomic E-state index is 0.316. The minimum atomic E-state index is -0.316. The monoisotopic (exact) mass is 336 g/mol. The highest BCUT2D eigenvalue weighted by molar-refractivity contribution is 6.07. The number of carbonyl (C=O) groups excluding carboxylic acids is 1. The smallest absolute Gasteiger partial charge is 0.323 e. The van der Waals surface area contributed by atoms with Gasteiger partial charge in [0.1, 0.15) is 11.5 Å². The fourth-order valence-corrected chi connectivity index (χ4v) is 2.67. The highest BCUT2D eigenvalue weighted by Crippen LogP contribution is 2.31. The molecule has 0 aliphatic carbocycles. The van der Waals surface area contributed by atoms with Crippen LogP contribution >= 0.6 is 0 Å². The molecule has 0 aliphatic heterocycles. The Bertz CT molecular complexity index is 893. The van der Waals surface area contributed by atoms with Gasteiger partial charge in [0.25, 0.3) is 0 Å². The second kappa shape index (κ2) is 7.57. The summed E-state index contributed by atoms with van der Waals surface area (Å²) >= 11 is 0. The van der Waals surface area contributed by atoms with Gasteiger partial charge in [-0.05, 0) is 31.2 Å². The van der Waals surface area contributed by atoms with Gasteiger partial charge in [0.2, 0.25) is 0 Å². The second-order valence-corrected chi connectivity index (χ2v) is 5.40. The first-order valence-electron chi connectivity index (χ1n) is 8.08. The lowest BCUT2D eigenvalue weighted by molar-refractivity contribution is 0.262. The van der Waals surface area contributed by atoms with Gasteiger partial charge in [0.05, 0.1) is 19.4 Å². The van der Waals surface area contributed by atoms with Crippen LogP contribution in [-0.4, -0.2) is 19.7 Å². The number of nitrogens with one attached hydrogen (secondary N) is 2. The molecule has 0 atom stereocenters. The number of carbonyl (C=O) groups is 1. The summed E-state index contributed by atoms with van der Waals surface area (Å²) in [6, 6.07) is 18.4. The molecule has 0 saturated carbocycles. The Kier molecular flexibility index (Phi) is 5.04. The first kappa shape index (κ1) is 16.6. The largest absolute Gasteiger partial charge is 0.496 e. The highest BCUT2D eigenvalue weighted by atomic mass is 16.5. The first-order valence-corrected chi connectivity index (χ1v) is 8.08. The lowest BCUT2D eigenvalue weighted by atomic mass is 10.1. The molecule has 0 bridgehead atoms. The van der Waals surface area contributed by atoms with Crippen LogP contribution in [0.3, 0.4) is 0 Å². The Hall–Kier alpha value is -3.21. The molecular formula is C20H20N2O3. The number of rotatable bonds is 5. The molecule has 5 heteroatoms. The SMILES string of the molecule is CCOc1cccc(NC(=O)Nc2ccc(OC)c3ccccc23)c1. The molecule has 0 radical (unpaired) electrons. The Balaban J connectivity index is 1.80. The van der Waals surface area contributed by atoms with E-state index in [1.807, 2.05) is 61.5 Å². The van der Waals surface area contributed by atoms with Gasteiger partial charge in [0.15, 0.2) is 0 Å². The van der Waals surface area contributed by atoms with E-state index >= 15 is 0 Å². The van der Waals surface area contributed by atoms with E-state index in [1.165, 1.54) is 0 Å². The normalized spacial score (nSPS) is 10.3. The Morgan fingerprint density at radius 3 is 2.52 bits per heavy atom. The molecule has 25 heavy (non-hydrogen) atoms. The lowest BCUT2D eigenvalue weighted by Crippen LogP contribution is -2.19. The third-order valence-corrected chi connectivity index (χ3v) is 3.76. The van der Waals surface area contributed by atoms with Crippen molar-refractivity contribution >= 4 is 28.2 Å². The van der Waals surface area contributed by atoms with Crippen molar-refractivity contribution in [3.63, 3.8) is 0 Å². The molecule has 2 amide bonds. The standard InChI is InChI=1S/C20H20N2O3/c1-3-25-15-8-6-7-14(13-15)21-20(23)22-18-11-12-19(24-2)17-10-5-4-9-16(17)18/h4-13H,3H2,1-2H3,(H2,21,22,23). The van der Waals surface area contributed by atoms with E-state index in [2.05, 4.69) is 10.6 Å². The van der Waals surface area contributed by atoms with Crippen molar-refractivity contribution in [1.82, 2.24) is 0 Å². The van der Waals surface area contributed by atoms with Crippen LogP contribution in [0.1, 0.15) is 6.92 Å². The Labute approximate surface area is 146 Å². The number of hydrogen-bond acceptors (Lipinski definition) is 3. The summed E-state index contributed by atoms with van der Waals surface area (Å²) in [4.78, 5) is 12.4. The zero-order valence-corrected chi connectivity index (χ0v) is 14.2. The number of urea groups is 1. The van der Waals surface area contributed by atoms with Crippen molar-refractivity contribution in [3.05, 3.63) is 60.7 Å². The quantitative estimate of drug-likeness (QED) is 0.697. The molecule has 2 N–H and O–H groups in total. The summed E-state index contributed by atoms with van der Waals surface area (Å²) in [5.74, 6) is 1.49. The second-order valence-electron chi connectivity index (χ2n) is 5.40. The zero-order valence-electron chi connectivity index (χ0n) is 14.2. The summed E-state index contributed by atoms with van der Waals surface area (Å²) in [6.07, 6.45) is 0. The van der Waals surface area contributed by atoms with Gasteiger partial charge < -0.3 is 20.1 Å². The van der Waals surface area contributed by atoms with Crippen molar-refractivity contribution in [2.24, 2.45) is 0 Å². The van der Waals surface area contributed by atoms with Crippen LogP contribution in [0.15, 0.2) is 60.7 Å². The highest BCUT2D eigenvalue weighted by Gasteiger charge is 2.09. The van der Waals surface area contributed by atoms with E-state index in [0.29, 0.717) is 12.3 Å². The molecule has 0 aromatic heterocycles. The molecule has 0 spiro atoms. The molecule has 0 unspecified atom stereocenters. The van der Waals surface area contributed by atoms with E-state index in [1.54, 1.807) is 13.2 Å². The van der Waals surface area contributed by atoms with Crippen LogP contribution in [0.5, 0.6) is 11.5 Å². The molecule has 3 aromatic carbocycles. The van der Waals surface area contributed by atoms with E-state index in [9.17, 15) is 4.79 Å². The molecular weight excluding hydrogens is 316 g/mol. The topological polar surface area (TPSA) is 59.6 Å². The van der Waals surface area contributed by atoms with Crippen molar-refractivity contribution in [1.29, 1.82) is 0 Å². The molecule has 3 aromatic rings. The Morgan fingerprint density at radius 2 is 1.76 bits per heavy atom. The van der Waals surface area contributed by atoms with E-state index < -0.39 is 0 Å². The first-order chi connectivity index (χ1) is 12.2. The average Bonchev–Trinajstić information content (AvgIpc) is 2.62. The van der Waals surface area contributed by atoms with Crippen molar-refractivity contribution < 1.29 is 14.3 Å². The van der Waals surface area contributed by atoms with Gasteiger partial charge in [-0.15, -0.1) is 0 Å². The number of hydrogen-bond donors (Lipinski definition) is 2. The molecule has 0 heterocycles. The molecule has 3 rings (SSSR count). The number of amides is 2. The number of methoxy groups -OCH3 is 1. The fourth-order valence-electron chi connectivity index (χ4n) is 2.67. The van der Waals surface area contributed by atoms with Crippen molar-refractivity contribution in [3.8, 4) is 11.5 Å². The molecule has 5 nitrogen and oxygen atoms in total. The molecule has 128 valence electrons. The third-order valence-electron chi connectivity index (χ3n) is 3.76. The number of fused-ring (bicyclic) bond motifs is 1. The van der Waals surface area contributed by atoms with Crippen LogP contribution in [0.4, 0.5) is 16.2 Å². The van der Waals surface area contributed by atoms with E-state index in [4.69, 9.17) is 9.47 Å². The maximum atomic E-state index is 12.4. The van der Waals surface area contributed by atoms with Crippen LogP contribution in [0.2, 0.25) is 0 Å². The van der Waals surface area contributed by atoms with Gasteiger partial charge in [-0.2, -0.15) is 0 Å². The minimum Gasteiger partial charge on any atom is -0.496 e. The average molecular weight is 336 g/mol. The number of ether oxygens (including phenoxy) is 2. The maximum absolute atomic E-state index is 12.4. The molecule has 0 aliphatic rings. The fraction of sp³-hybridized carbons (Fsp3) is 0.150. The Morgan fingerprint density at radius 1 is 0.960 bits per heavy atom. The third kappa shape index (κ3) is 3.83. The predicted molar refractivity (Wildman–Crippen MR) is 101 cm³/mol. The van der Waals surface area contributed by atoms with Crippen LogP contribution in [0, 0.1) is 0 Å². The van der Waals surface area contributed by atoms with Gasteiger partial charge in [-0.1, -0.05) is 30.3 Å². The van der Waals surface area contributed by atoms with Crippen molar-refractivity contribution in [2.75, 3.05) is 24.4 Å². The zero-order chi connectivity index (χ0) is 17.6.